The van der Waals surface area contributed by atoms with Crippen LogP contribution in [0.25, 0.3) is 0 Å². The number of carbonyl (C=O) groups is 2. The molecule has 2 N–H and O–H groups in total. The fourth-order valence-electron chi connectivity index (χ4n) is 2.42. The Hall–Kier alpha value is -3.06. The lowest BCUT2D eigenvalue weighted by atomic mass is 10.2. The second-order valence-corrected chi connectivity index (χ2v) is 7.55. The van der Waals surface area contributed by atoms with E-state index >= 15 is 0 Å². The standard InChI is InChI=1S/C22H16Cl3N3O3/c23-16-6-4-14(5-7-16)13-31-18-3-1-2-15(10-18)12-26-28-22(30)21(29)27-20-11-17(24)8-9-19(20)25/h1-12H,13H2,(H,27,29)(H,28,30)/b26-12+. The highest BCUT2D eigenvalue weighted by Gasteiger charge is 2.14. The number of hydrazone groups is 1. The Balaban J connectivity index is 1.53. The number of ether oxygens (including phenoxy) is 1. The topological polar surface area (TPSA) is 79.8 Å². The molecule has 0 spiro atoms. The number of nitrogens with one attached hydrogen (secondary N) is 2. The molecular weight excluding hydrogens is 461 g/mol. The van der Waals surface area contributed by atoms with E-state index in [0.717, 1.165) is 5.56 Å². The third kappa shape index (κ3) is 7.00. The highest BCUT2D eigenvalue weighted by atomic mass is 35.5. The molecule has 0 atom stereocenters. The summed E-state index contributed by atoms with van der Waals surface area (Å²) in [5.41, 5.74) is 4.03. The molecule has 0 aliphatic rings. The van der Waals surface area contributed by atoms with E-state index in [2.05, 4.69) is 15.8 Å². The van der Waals surface area contributed by atoms with E-state index in [9.17, 15) is 9.59 Å². The molecule has 0 aromatic heterocycles. The molecule has 6 nitrogen and oxygen atoms in total. The second kappa shape index (κ2) is 10.8. The van der Waals surface area contributed by atoms with Gasteiger partial charge in [-0.1, -0.05) is 59.1 Å². The normalized spacial score (nSPS) is 10.7. The van der Waals surface area contributed by atoms with E-state index in [1.165, 1.54) is 18.3 Å². The number of rotatable bonds is 6. The highest BCUT2D eigenvalue weighted by Crippen LogP contribution is 2.25. The van der Waals surface area contributed by atoms with Gasteiger partial charge in [0.2, 0.25) is 0 Å². The van der Waals surface area contributed by atoms with E-state index in [4.69, 9.17) is 39.5 Å². The number of amides is 2. The van der Waals surface area contributed by atoms with Crippen molar-refractivity contribution in [1.82, 2.24) is 5.43 Å². The molecule has 0 saturated carbocycles. The summed E-state index contributed by atoms with van der Waals surface area (Å²) in [7, 11) is 0. The van der Waals surface area contributed by atoms with E-state index in [1.54, 1.807) is 42.5 Å². The van der Waals surface area contributed by atoms with Gasteiger partial charge in [-0.3, -0.25) is 9.59 Å². The number of hydrogen-bond donors (Lipinski definition) is 2. The van der Waals surface area contributed by atoms with Gasteiger partial charge in [0.15, 0.2) is 0 Å². The van der Waals surface area contributed by atoms with Crippen molar-refractivity contribution in [2.45, 2.75) is 6.61 Å². The van der Waals surface area contributed by atoms with Crippen molar-refractivity contribution in [1.29, 1.82) is 0 Å². The molecule has 0 heterocycles. The fourth-order valence-corrected chi connectivity index (χ4v) is 2.88. The van der Waals surface area contributed by atoms with E-state index in [1.807, 2.05) is 12.1 Å². The fraction of sp³-hybridized carbons (Fsp3) is 0.0455. The Kier molecular flexibility index (Phi) is 7.89. The predicted octanol–water partition coefficient (Wildman–Crippen LogP) is 5.31. The summed E-state index contributed by atoms with van der Waals surface area (Å²) in [5.74, 6) is -1.26. The molecule has 3 aromatic rings. The van der Waals surface area contributed by atoms with Crippen LogP contribution >= 0.6 is 34.8 Å². The largest absolute Gasteiger partial charge is 0.489 e. The summed E-state index contributed by atoms with van der Waals surface area (Å²) >= 11 is 17.7. The van der Waals surface area contributed by atoms with Gasteiger partial charge in [-0.15, -0.1) is 0 Å². The van der Waals surface area contributed by atoms with Crippen molar-refractivity contribution in [2.24, 2.45) is 5.10 Å². The molecule has 2 amide bonds. The van der Waals surface area contributed by atoms with Crippen LogP contribution in [-0.4, -0.2) is 18.0 Å². The van der Waals surface area contributed by atoms with Crippen molar-refractivity contribution in [3.63, 3.8) is 0 Å². The summed E-state index contributed by atoms with van der Waals surface area (Å²) in [4.78, 5) is 23.9. The molecule has 9 heteroatoms. The zero-order valence-electron chi connectivity index (χ0n) is 15.9. The molecule has 0 fully saturated rings. The second-order valence-electron chi connectivity index (χ2n) is 6.27. The zero-order chi connectivity index (χ0) is 22.2. The lowest BCUT2D eigenvalue weighted by Gasteiger charge is -2.07. The predicted molar refractivity (Wildman–Crippen MR) is 123 cm³/mol. The molecule has 0 aliphatic carbocycles. The van der Waals surface area contributed by atoms with Gasteiger partial charge in [-0.25, -0.2) is 5.43 Å². The minimum atomic E-state index is -0.956. The summed E-state index contributed by atoms with van der Waals surface area (Å²) in [5, 5.41) is 7.46. The maximum atomic E-state index is 12.0. The number of carbonyl (C=O) groups excluding carboxylic acids is 2. The lowest BCUT2D eigenvalue weighted by Crippen LogP contribution is -2.32. The molecule has 0 bridgehead atoms. The minimum Gasteiger partial charge on any atom is -0.489 e. The first-order valence-electron chi connectivity index (χ1n) is 8.97. The quantitative estimate of drug-likeness (QED) is 0.287. The lowest BCUT2D eigenvalue weighted by molar-refractivity contribution is -0.136. The number of halogens is 3. The van der Waals surface area contributed by atoms with Crippen LogP contribution in [0.3, 0.4) is 0 Å². The van der Waals surface area contributed by atoms with Crippen LogP contribution < -0.4 is 15.5 Å². The van der Waals surface area contributed by atoms with Crippen LogP contribution in [-0.2, 0) is 16.2 Å². The third-order valence-electron chi connectivity index (χ3n) is 3.94. The molecular formula is C22H16Cl3N3O3. The summed E-state index contributed by atoms with van der Waals surface area (Å²) in [6, 6.07) is 19.0. The number of hydrogen-bond acceptors (Lipinski definition) is 4. The Morgan fingerprint density at radius 1 is 0.903 bits per heavy atom. The van der Waals surface area contributed by atoms with Gasteiger partial charge in [0.25, 0.3) is 0 Å². The van der Waals surface area contributed by atoms with Crippen LogP contribution in [0.1, 0.15) is 11.1 Å². The first-order valence-corrected chi connectivity index (χ1v) is 10.1. The van der Waals surface area contributed by atoms with Crippen molar-refractivity contribution in [2.75, 3.05) is 5.32 Å². The average Bonchev–Trinajstić information content (AvgIpc) is 2.76. The number of nitrogens with zero attached hydrogens (tertiary/aromatic N) is 1. The maximum absolute atomic E-state index is 12.0. The van der Waals surface area contributed by atoms with Crippen LogP contribution in [0.2, 0.25) is 15.1 Å². The van der Waals surface area contributed by atoms with Gasteiger partial charge in [0, 0.05) is 10.0 Å². The molecule has 3 rings (SSSR count). The van der Waals surface area contributed by atoms with E-state index in [0.29, 0.717) is 28.0 Å². The molecule has 0 aliphatic heterocycles. The number of anilines is 1. The van der Waals surface area contributed by atoms with Crippen LogP contribution in [0.4, 0.5) is 5.69 Å². The van der Waals surface area contributed by atoms with Gasteiger partial charge in [-0.05, 0) is 53.6 Å². The molecule has 3 aromatic carbocycles. The first kappa shape index (κ1) is 22.6. The van der Waals surface area contributed by atoms with Gasteiger partial charge in [-0.2, -0.15) is 5.10 Å². The summed E-state index contributed by atoms with van der Waals surface area (Å²) in [6.07, 6.45) is 1.40. The van der Waals surface area contributed by atoms with Gasteiger partial charge < -0.3 is 10.1 Å². The van der Waals surface area contributed by atoms with Crippen LogP contribution in [0.5, 0.6) is 5.75 Å². The van der Waals surface area contributed by atoms with Gasteiger partial charge in [0.1, 0.15) is 12.4 Å². The van der Waals surface area contributed by atoms with E-state index in [-0.39, 0.29) is 10.7 Å². The number of benzene rings is 3. The maximum Gasteiger partial charge on any atom is 0.329 e. The highest BCUT2D eigenvalue weighted by molar-refractivity contribution is 6.42. The first-order chi connectivity index (χ1) is 14.9. The van der Waals surface area contributed by atoms with Crippen molar-refractivity contribution in [3.05, 3.63) is 92.9 Å². The Morgan fingerprint density at radius 3 is 2.42 bits per heavy atom. The summed E-state index contributed by atoms with van der Waals surface area (Å²) < 4.78 is 5.75. The third-order valence-corrected chi connectivity index (χ3v) is 4.76. The van der Waals surface area contributed by atoms with Gasteiger partial charge in [0.05, 0.1) is 16.9 Å². The van der Waals surface area contributed by atoms with Crippen molar-refractivity contribution in [3.8, 4) is 5.75 Å². The zero-order valence-corrected chi connectivity index (χ0v) is 18.2. The average molecular weight is 477 g/mol. The molecule has 0 saturated heterocycles. The van der Waals surface area contributed by atoms with Crippen molar-refractivity contribution < 1.29 is 14.3 Å². The smallest absolute Gasteiger partial charge is 0.329 e. The van der Waals surface area contributed by atoms with Crippen LogP contribution in [0.15, 0.2) is 71.8 Å². The molecule has 0 radical (unpaired) electrons. The Bertz CT molecular complexity index is 1120. The molecule has 31 heavy (non-hydrogen) atoms. The Morgan fingerprint density at radius 2 is 1.65 bits per heavy atom. The monoisotopic (exact) mass is 475 g/mol. The van der Waals surface area contributed by atoms with Crippen molar-refractivity contribution >= 4 is 58.5 Å². The SMILES string of the molecule is O=C(N/N=C/c1cccc(OCc2ccc(Cl)cc2)c1)C(=O)Nc1cc(Cl)ccc1Cl. The molecule has 158 valence electrons. The molecule has 0 unspecified atom stereocenters. The van der Waals surface area contributed by atoms with E-state index < -0.39 is 11.8 Å². The Labute approximate surface area is 193 Å². The van der Waals surface area contributed by atoms with Gasteiger partial charge >= 0.3 is 11.8 Å². The summed E-state index contributed by atoms with van der Waals surface area (Å²) in [6.45, 7) is 0.376. The minimum absolute atomic E-state index is 0.226. The van der Waals surface area contributed by atoms with Crippen LogP contribution in [0, 0.1) is 0 Å².